The van der Waals surface area contributed by atoms with Crippen LogP contribution in [-0.2, 0) is 24.2 Å². The van der Waals surface area contributed by atoms with Crippen LogP contribution in [0.15, 0.2) is 52.3 Å². The molecule has 1 atom stereocenters. The summed E-state index contributed by atoms with van der Waals surface area (Å²) in [5, 5.41) is 0. The Kier molecular flexibility index (Phi) is 17.7. The predicted octanol–water partition coefficient (Wildman–Crippen LogP) is -0.0637. The third kappa shape index (κ3) is 12.4. The number of unbranched alkanes of at least 4 members (excludes halogenated alkanes) is 1. The van der Waals surface area contributed by atoms with Gasteiger partial charge in [0.1, 0.15) is 0 Å². The van der Waals surface area contributed by atoms with Crippen LogP contribution in [0.1, 0.15) is 46.5 Å². The van der Waals surface area contributed by atoms with Crippen LogP contribution in [0.2, 0.25) is 0 Å². The average molecular weight is 448 g/mol. The van der Waals surface area contributed by atoms with Crippen molar-refractivity contribution in [3.05, 3.63) is 58.4 Å². The summed E-state index contributed by atoms with van der Waals surface area (Å²) in [6.45, 7) is 6.50. The molecule has 0 saturated heterocycles. The maximum atomic E-state index is 2.99. The van der Waals surface area contributed by atoms with Crippen molar-refractivity contribution in [1.29, 1.82) is 0 Å². The van der Waals surface area contributed by atoms with Gasteiger partial charge < -0.3 is 24.8 Å². The van der Waals surface area contributed by atoms with E-state index in [4.69, 9.17) is 0 Å². The van der Waals surface area contributed by atoms with Crippen LogP contribution in [0.5, 0.6) is 0 Å². The van der Waals surface area contributed by atoms with Crippen LogP contribution in [0.3, 0.4) is 0 Å². The average Bonchev–Trinajstić information content (AvgIpc) is 3.13. The van der Waals surface area contributed by atoms with Crippen molar-refractivity contribution < 1.29 is 49.0 Å². The van der Waals surface area contributed by atoms with Crippen molar-refractivity contribution in [3.8, 4) is 0 Å². The molecule has 0 spiro atoms. The van der Waals surface area contributed by atoms with Crippen LogP contribution in [0, 0.1) is 12.0 Å². The molecule has 1 unspecified atom stereocenters. The van der Waals surface area contributed by atoms with E-state index in [-0.39, 0.29) is 24.8 Å². The first-order valence-corrected chi connectivity index (χ1v) is 9.68. The Morgan fingerprint density at radius 3 is 2.43 bits per heavy atom. The Morgan fingerprint density at radius 2 is 2.00 bits per heavy atom. The minimum absolute atomic E-state index is 0. The van der Waals surface area contributed by atoms with Gasteiger partial charge in [-0.2, -0.15) is 6.08 Å². The molecular formula is C19H25Cl2SZr-. The summed E-state index contributed by atoms with van der Waals surface area (Å²) < 4.78 is 1.51. The van der Waals surface area contributed by atoms with E-state index in [2.05, 4.69) is 57.2 Å². The van der Waals surface area contributed by atoms with Gasteiger partial charge in [-0.1, -0.05) is 49.4 Å². The number of hydrogen-bond acceptors (Lipinski definition) is 1. The summed E-state index contributed by atoms with van der Waals surface area (Å²) in [4.78, 5) is 3.11. The summed E-state index contributed by atoms with van der Waals surface area (Å²) in [6, 6.07) is 0. The topological polar surface area (TPSA) is 0 Å². The van der Waals surface area contributed by atoms with Gasteiger partial charge in [0, 0.05) is 10.8 Å². The van der Waals surface area contributed by atoms with E-state index < -0.39 is 0 Å². The van der Waals surface area contributed by atoms with Crippen LogP contribution < -0.4 is 24.8 Å². The van der Waals surface area contributed by atoms with E-state index in [0.29, 0.717) is 5.92 Å². The molecule has 126 valence electrons. The first-order chi connectivity index (χ1) is 10.1. The molecule has 1 heterocycles. The minimum atomic E-state index is 0. The SMILES string of the molecule is CCCCC1=CC2C=CC=C2S1.C[C](C)=[Zr+2].[C-]1=CC=CC1.[Cl-].[Cl-]. The quantitative estimate of drug-likeness (QED) is 0.547. The van der Waals surface area contributed by atoms with Gasteiger partial charge in [-0.25, -0.2) is 12.2 Å². The molecule has 3 rings (SSSR count). The summed E-state index contributed by atoms with van der Waals surface area (Å²) >= 11 is 3.53. The predicted molar refractivity (Wildman–Crippen MR) is 93.8 cm³/mol. The normalized spacial score (nSPS) is 18.4. The van der Waals surface area contributed by atoms with Gasteiger partial charge >= 0.3 is 41.3 Å². The van der Waals surface area contributed by atoms with Crippen molar-refractivity contribution >= 4 is 15.0 Å². The van der Waals surface area contributed by atoms with Crippen molar-refractivity contribution in [3.63, 3.8) is 0 Å². The zero-order chi connectivity index (χ0) is 15.5. The molecule has 0 amide bonds. The standard InChI is InChI=1S/C11H14S.C5H5.C3H6.2ClH.Zr/c1-2-3-6-10-8-9-5-4-7-11(9)12-10;1-2-4-5-3-1;1-3-2;;;/h4-5,7-9H,2-3,6H2,1H3;1-3H,4H2;1-2H3;2*1H;/q;-1;;;;+2/p-2. The Labute approximate surface area is 173 Å². The Morgan fingerprint density at radius 1 is 1.30 bits per heavy atom. The number of fused-ring (bicyclic) bond motifs is 1. The molecule has 0 bridgehead atoms. The van der Waals surface area contributed by atoms with Crippen LogP contribution in [0.25, 0.3) is 0 Å². The molecule has 1 aliphatic heterocycles. The second-order valence-electron chi connectivity index (χ2n) is 5.32. The fourth-order valence-electron chi connectivity index (χ4n) is 1.93. The smallest absolute Gasteiger partial charge is 0.109 e. The molecule has 23 heavy (non-hydrogen) atoms. The molecule has 3 aliphatic rings. The monoisotopic (exact) mass is 445 g/mol. The summed E-state index contributed by atoms with van der Waals surface area (Å²) in [7, 11) is 0. The van der Waals surface area contributed by atoms with Gasteiger partial charge in [0.25, 0.3) is 0 Å². The van der Waals surface area contributed by atoms with Crippen LogP contribution >= 0.6 is 11.8 Å². The molecule has 0 aromatic carbocycles. The molecule has 4 heteroatoms. The van der Waals surface area contributed by atoms with Gasteiger partial charge in [0.05, 0.1) is 0 Å². The van der Waals surface area contributed by atoms with Crippen LogP contribution in [-0.4, -0.2) is 3.21 Å². The first-order valence-electron chi connectivity index (χ1n) is 7.64. The zero-order valence-corrected chi connectivity index (χ0v) is 18.9. The van der Waals surface area contributed by atoms with Crippen LogP contribution in [0.4, 0.5) is 0 Å². The van der Waals surface area contributed by atoms with Gasteiger partial charge in [-0.3, -0.25) is 6.08 Å². The second-order valence-corrected chi connectivity index (χ2v) is 8.98. The third-order valence-electron chi connectivity index (χ3n) is 2.88. The third-order valence-corrected chi connectivity index (χ3v) is 4.13. The fraction of sp³-hybridized carbons (Fsp3) is 0.421. The summed E-state index contributed by atoms with van der Waals surface area (Å²) in [6.07, 6.45) is 23.0. The molecule has 0 aromatic rings. The van der Waals surface area contributed by atoms with Gasteiger partial charge in [-0.05, 0) is 17.7 Å². The molecular weight excluding hydrogens is 422 g/mol. The zero-order valence-electron chi connectivity index (χ0n) is 14.1. The van der Waals surface area contributed by atoms with Crippen molar-refractivity contribution in [2.45, 2.75) is 46.5 Å². The van der Waals surface area contributed by atoms with Crippen molar-refractivity contribution in [1.82, 2.24) is 0 Å². The number of hydrogen-bond donors (Lipinski definition) is 0. The number of allylic oxidation sites excluding steroid dienone is 10. The minimum Gasteiger partial charge on any atom is -1.00 e. The van der Waals surface area contributed by atoms with E-state index >= 15 is 0 Å². The van der Waals surface area contributed by atoms with Gasteiger partial charge in [0.15, 0.2) is 0 Å². The molecule has 0 nitrogen and oxygen atoms in total. The van der Waals surface area contributed by atoms with Gasteiger partial charge in [0.2, 0.25) is 0 Å². The molecule has 0 radical (unpaired) electrons. The van der Waals surface area contributed by atoms with E-state index in [0.717, 1.165) is 6.42 Å². The number of halogens is 2. The Balaban J connectivity index is 0. The largest absolute Gasteiger partial charge is 1.00 e. The molecule has 0 saturated carbocycles. The Bertz CT molecular complexity index is 474. The number of thioether (sulfide) groups is 1. The van der Waals surface area contributed by atoms with Crippen molar-refractivity contribution in [2.24, 2.45) is 5.92 Å². The summed E-state index contributed by atoms with van der Waals surface area (Å²) in [5.74, 6) is 0.641. The van der Waals surface area contributed by atoms with E-state index in [1.165, 1.54) is 27.4 Å². The molecule has 0 N–H and O–H groups in total. The van der Waals surface area contributed by atoms with E-state index in [1.54, 1.807) is 29.1 Å². The molecule has 0 fully saturated rings. The fourth-order valence-corrected chi connectivity index (χ4v) is 3.12. The van der Waals surface area contributed by atoms with E-state index in [1.807, 2.05) is 23.9 Å². The van der Waals surface area contributed by atoms with Crippen molar-refractivity contribution in [2.75, 3.05) is 0 Å². The second kappa shape index (κ2) is 15.9. The Hall–Kier alpha value is 0.383. The maximum Gasteiger partial charge on any atom is -0.109 e. The van der Waals surface area contributed by atoms with E-state index in [9.17, 15) is 0 Å². The van der Waals surface area contributed by atoms with Gasteiger partial charge in [-0.15, -0.1) is 6.42 Å². The molecule has 0 aromatic heterocycles. The summed E-state index contributed by atoms with van der Waals surface area (Å²) in [5.41, 5.74) is 0. The molecule has 2 aliphatic carbocycles. The maximum absolute atomic E-state index is 2.99. The number of rotatable bonds is 3. The first kappa shape index (κ1) is 25.6.